The number of hydrogen-bond acceptors (Lipinski definition) is 7. The lowest BCUT2D eigenvalue weighted by molar-refractivity contribution is -0.132. The number of Topliss-reactive ketones (excluding diaryl/α,β-unsaturated/α-hetero) is 1. The second-order valence-electron chi connectivity index (χ2n) is 9.01. The Bertz CT molecular complexity index is 1580. The van der Waals surface area contributed by atoms with Gasteiger partial charge in [0.25, 0.3) is 5.78 Å². The Morgan fingerprint density at radius 3 is 2.59 bits per heavy atom. The summed E-state index contributed by atoms with van der Waals surface area (Å²) in [7, 11) is 0. The summed E-state index contributed by atoms with van der Waals surface area (Å²) < 4.78 is 12.2. The van der Waals surface area contributed by atoms with Crippen LogP contribution in [0.1, 0.15) is 43.9 Å². The third-order valence-corrected chi connectivity index (χ3v) is 7.60. The summed E-state index contributed by atoms with van der Waals surface area (Å²) >= 11 is 7.59. The van der Waals surface area contributed by atoms with Crippen molar-refractivity contribution in [3.63, 3.8) is 0 Å². The number of benzene rings is 3. The first kappa shape index (κ1) is 26.7. The fourth-order valence-corrected chi connectivity index (χ4v) is 5.72. The number of aliphatic hydroxyl groups excluding tert-OH is 1. The number of ketones is 1. The number of thiazole rings is 1. The highest BCUT2D eigenvalue weighted by molar-refractivity contribution is 7.22. The van der Waals surface area contributed by atoms with E-state index in [2.05, 4.69) is 11.9 Å². The van der Waals surface area contributed by atoms with Gasteiger partial charge in [0, 0.05) is 10.6 Å². The van der Waals surface area contributed by atoms with Crippen LogP contribution in [-0.2, 0) is 9.59 Å². The molecule has 7 nitrogen and oxygen atoms in total. The molecule has 200 valence electrons. The van der Waals surface area contributed by atoms with Crippen LogP contribution >= 0.6 is 22.9 Å². The van der Waals surface area contributed by atoms with Gasteiger partial charge in [-0.3, -0.25) is 14.5 Å². The molecule has 5 rings (SSSR count). The van der Waals surface area contributed by atoms with Crippen LogP contribution in [0.15, 0.2) is 72.3 Å². The Kier molecular flexibility index (Phi) is 7.86. The summed E-state index contributed by atoms with van der Waals surface area (Å²) in [5.41, 5.74) is 1.58. The Morgan fingerprint density at radius 1 is 1.03 bits per heavy atom. The number of fused-ring (bicyclic) bond motifs is 1. The summed E-state index contributed by atoms with van der Waals surface area (Å²) in [6.07, 6.45) is 1.88. The largest absolute Gasteiger partial charge is 0.507 e. The van der Waals surface area contributed by atoms with E-state index in [9.17, 15) is 14.7 Å². The molecule has 1 fully saturated rings. The predicted octanol–water partition coefficient (Wildman–Crippen LogP) is 7.15. The monoisotopic (exact) mass is 562 g/mol. The summed E-state index contributed by atoms with van der Waals surface area (Å²) in [6, 6.07) is 18.3. The minimum atomic E-state index is -0.930. The van der Waals surface area contributed by atoms with Crippen molar-refractivity contribution in [3.8, 4) is 11.5 Å². The van der Waals surface area contributed by atoms with Crippen LogP contribution in [0, 0.1) is 0 Å². The van der Waals surface area contributed by atoms with Gasteiger partial charge >= 0.3 is 5.91 Å². The third-order valence-electron chi connectivity index (χ3n) is 6.35. The highest BCUT2D eigenvalue weighted by Gasteiger charge is 2.48. The molecule has 1 aromatic heterocycles. The van der Waals surface area contributed by atoms with E-state index >= 15 is 0 Å². The topological polar surface area (TPSA) is 89.0 Å². The first-order valence-electron chi connectivity index (χ1n) is 12.7. The van der Waals surface area contributed by atoms with E-state index in [0.717, 1.165) is 17.5 Å². The molecule has 1 amide bonds. The summed E-state index contributed by atoms with van der Waals surface area (Å²) in [4.78, 5) is 33.0. The van der Waals surface area contributed by atoms with E-state index in [0.29, 0.717) is 51.5 Å². The van der Waals surface area contributed by atoms with Gasteiger partial charge in [0.1, 0.15) is 17.3 Å². The molecule has 1 N–H and O–H groups in total. The Morgan fingerprint density at radius 2 is 1.82 bits per heavy atom. The second-order valence-corrected chi connectivity index (χ2v) is 10.5. The van der Waals surface area contributed by atoms with Gasteiger partial charge in [0.05, 0.1) is 35.0 Å². The van der Waals surface area contributed by atoms with Crippen molar-refractivity contribution >= 4 is 55.7 Å². The maximum absolute atomic E-state index is 13.5. The van der Waals surface area contributed by atoms with Crippen LogP contribution in [0.25, 0.3) is 16.0 Å². The number of halogens is 1. The predicted molar refractivity (Wildman–Crippen MR) is 154 cm³/mol. The first-order chi connectivity index (χ1) is 18.9. The Hall–Kier alpha value is -3.88. The van der Waals surface area contributed by atoms with Gasteiger partial charge in [-0.25, -0.2) is 4.98 Å². The molecule has 3 aromatic carbocycles. The van der Waals surface area contributed by atoms with Crippen LogP contribution in [0.3, 0.4) is 0 Å². The molecule has 1 aliphatic rings. The zero-order valence-electron chi connectivity index (χ0n) is 21.5. The van der Waals surface area contributed by atoms with Crippen molar-refractivity contribution < 1.29 is 24.2 Å². The van der Waals surface area contributed by atoms with Crippen molar-refractivity contribution in [1.82, 2.24) is 4.98 Å². The van der Waals surface area contributed by atoms with Crippen molar-refractivity contribution in [2.24, 2.45) is 0 Å². The van der Waals surface area contributed by atoms with Crippen LogP contribution < -0.4 is 14.4 Å². The molecule has 1 saturated heterocycles. The van der Waals surface area contributed by atoms with Crippen LogP contribution in [0.4, 0.5) is 5.13 Å². The van der Waals surface area contributed by atoms with E-state index in [1.807, 2.05) is 25.1 Å². The molecule has 0 bridgehead atoms. The van der Waals surface area contributed by atoms with Gasteiger partial charge in [0.2, 0.25) is 0 Å². The molecule has 9 heteroatoms. The number of nitrogens with zero attached hydrogens (tertiary/aromatic N) is 2. The molecule has 39 heavy (non-hydrogen) atoms. The van der Waals surface area contributed by atoms with Gasteiger partial charge < -0.3 is 14.6 Å². The van der Waals surface area contributed by atoms with Gasteiger partial charge in [0.15, 0.2) is 5.13 Å². The minimum Gasteiger partial charge on any atom is -0.507 e. The smallest absolute Gasteiger partial charge is 0.301 e. The molecule has 0 radical (unpaired) electrons. The van der Waals surface area contributed by atoms with E-state index < -0.39 is 17.7 Å². The number of amides is 1. The maximum Gasteiger partial charge on any atom is 0.301 e. The molecule has 0 saturated carbocycles. The number of anilines is 1. The molecule has 4 aromatic rings. The number of carbonyl (C=O) groups excluding carboxylic acids is 2. The second kappa shape index (κ2) is 11.5. The first-order valence-corrected chi connectivity index (χ1v) is 13.9. The fraction of sp³-hybridized carbons (Fsp3) is 0.233. The number of unbranched alkanes of at least 4 members (excludes halogenated alkanes) is 1. The van der Waals surface area contributed by atoms with Crippen molar-refractivity contribution in [2.75, 3.05) is 18.1 Å². The average Bonchev–Trinajstić information content (AvgIpc) is 3.46. The molecule has 0 aliphatic carbocycles. The molecule has 1 atom stereocenters. The van der Waals surface area contributed by atoms with Gasteiger partial charge in [-0.15, -0.1) is 0 Å². The lowest BCUT2D eigenvalue weighted by Gasteiger charge is -2.23. The summed E-state index contributed by atoms with van der Waals surface area (Å²) in [6.45, 7) is 5.03. The summed E-state index contributed by atoms with van der Waals surface area (Å²) in [5, 5.41) is 12.2. The van der Waals surface area contributed by atoms with Crippen LogP contribution in [0.5, 0.6) is 11.5 Å². The minimum absolute atomic E-state index is 0.0396. The van der Waals surface area contributed by atoms with E-state index in [1.54, 1.807) is 48.5 Å². The normalized spacial score (nSPS) is 16.7. The van der Waals surface area contributed by atoms with E-state index in [4.69, 9.17) is 21.1 Å². The van der Waals surface area contributed by atoms with Crippen LogP contribution in [-0.4, -0.2) is 35.0 Å². The molecular weight excluding hydrogens is 536 g/mol. The lowest BCUT2D eigenvalue weighted by atomic mass is 9.95. The summed E-state index contributed by atoms with van der Waals surface area (Å²) in [5.74, 6) is -0.612. The molecule has 0 spiro atoms. The van der Waals surface area contributed by atoms with E-state index in [-0.39, 0.29) is 11.3 Å². The lowest BCUT2D eigenvalue weighted by Crippen LogP contribution is -2.29. The maximum atomic E-state index is 13.5. The number of ether oxygens (including phenoxy) is 2. The van der Waals surface area contributed by atoms with Gasteiger partial charge in [-0.05, 0) is 61.4 Å². The molecule has 2 heterocycles. The molecule has 1 unspecified atom stereocenters. The van der Waals surface area contributed by atoms with E-state index in [1.165, 1.54) is 16.2 Å². The highest BCUT2D eigenvalue weighted by Crippen LogP contribution is 2.45. The fourth-order valence-electron chi connectivity index (χ4n) is 4.50. The number of carbonyl (C=O) groups is 2. The zero-order valence-corrected chi connectivity index (χ0v) is 23.1. The van der Waals surface area contributed by atoms with Gasteiger partial charge in [-0.2, -0.15) is 0 Å². The number of hydrogen-bond donors (Lipinski definition) is 1. The highest BCUT2D eigenvalue weighted by atomic mass is 35.5. The Balaban J connectivity index is 1.63. The van der Waals surface area contributed by atoms with Crippen molar-refractivity contribution in [1.29, 1.82) is 0 Å². The number of aromatic nitrogens is 1. The quantitative estimate of drug-likeness (QED) is 0.101. The zero-order chi connectivity index (χ0) is 27.5. The van der Waals surface area contributed by atoms with Crippen LogP contribution in [0.2, 0.25) is 5.02 Å². The van der Waals surface area contributed by atoms with Gasteiger partial charge in [-0.1, -0.05) is 60.5 Å². The Labute approximate surface area is 235 Å². The van der Waals surface area contributed by atoms with Crippen molar-refractivity contribution in [3.05, 3.63) is 88.5 Å². The number of rotatable bonds is 9. The number of aliphatic hydroxyl groups is 1. The van der Waals surface area contributed by atoms with Crippen molar-refractivity contribution in [2.45, 2.75) is 32.7 Å². The molecule has 1 aliphatic heterocycles. The molecular formula is C30H27ClN2O5S. The standard InChI is InChI=1S/C30H27ClN2O5S/c1-3-5-14-38-21-11-7-9-19(16-21)27(34)25-26(18-8-6-10-20(31)15-18)33(29(36)28(25)35)30-32-23-13-12-22(37-4-2)17-24(23)39-30/h6-13,15-17,26,34H,3-5,14H2,1-2H3/b27-25+. The SMILES string of the molecule is CCCCOc1cccc(/C(O)=C2\C(=O)C(=O)N(c3nc4ccc(OCC)cc4s3)C2c2cccc(Cl)c2)c1. The third kappa shape index (κ3) is 5.35. The average molecular weight is 563 g/mol.